The molecule has 4 nitrogen and oxygen atoms in total. The minimum atomic E-state index is 0.248. The Balaban J connectivity index is 1.64. The predicted molar refractivity (Wildman–Crippen MR) is 74.4 cm³/mol. The van der Waals surface area contributed by atoms with Crippen molar-refractivity contribution in [3.05, 3.63) is 36.4 Å². The van der Waals surface area contributed by atoms with Gasteiger partial charge in [-0.25, -0.2) is 0 Å². The van der Waals surface area contributed by atoms with Crippen LogP contribution in [-0.2, 0) is 9.47 Å². The third kappa shape index (κ3) is 2.57. The Morgan fingerprint density at radius 1 is 0.850 bits per heavy atom. The highest BCUT2D eigenvalue weighted by Gasteiger charge is 2.25. The van der Waals surface area contributed by atoms with E-state index in [1.807, 2.05) is 24.3 Å². The Labute approximate surface area is 117 Å². The summed E-state index contributed by atoms with van der Waals surface area (Å²) in [5, 5.41) is 2.14. The predicted octanol–water partition coefficient (Wildman–Crippen LogP) is 2.40. The molecule has 0 aromatic heterocycles. The number of hydrogen-bond donors (Lipinski definition) is 0. The first-order valence-corrected chi connectivity index (χ1v) is 6.91. The number of epoxide rings is 2. The van der Waals surface area contributed by atoms with Gasteiger partial charge < -0.3 is 18.9 Å². The molecule has 4 heteroatoms. The van der Waals surface area contributed by atoms with Gasteiger partial charge in [0.2, 0.25) is 0 Å². The van der Waals surface area contributed by atoms with Gasteiger partial charge in [0.15, 0.2) is 0 Å². The third-order valence-corrected chi connectivity index (χ3v) is 3.48. The highest BCUT2D eigenvalue weighted by Crippen LogP contribution is 2.34. The van der Waals surface area contributed by atoms with Crippen LogP contribution in [-0.4, -0.2) is 38.6 Å². The summed E-state index contributed by atoms with van der Waals surface area (Å²) in [4.78, 5) is 0. The number of fused-ring (bicyclic) bond motifs is 1. The van der Waals surface area contributed by atoms with Gasteiger partial charge in [0.1, 0.15) is 36.9 Å². The number of rotatable bonds is 6. The number of ether oxygens (including phenoxy) is 4. The Morgan fingerprint density at radius 3 is 1.80 bits per heavy atom. The lowest BCUT2D eigenvalue weighted by Gasteiger charge is -2.13. The normalized spacial score (nSPS) is 23.6. The topological polar surface area (TPSA) is 43.5 Å². The second-order valence-corrected chi connectivity index (χ2v) is 5.14. The van der Waals surface area contributed by atoms with Crippen LogP contribution in [0.2, 0.25) is 0 Å². The van der Waals surface area contributed by atoms with Crippen molar-refractivity contribution in [2.24, 2.45) is 0 Å². The summed E-state index contributed by atoms with van der Waals surface area (Å²) in [7, 11) is 0. The van der Waals surface area contributed by atoms with Gasteiger partial charge in [-0.15, -0.1) is 0 Å². The van der Waals surface area contributed by atoms with Crippen LogP contribution in [0.4, 0.5) is 0 Å². The molecule has 104 valence electrons. The van der Waals surface area contributed by atoms with Gasteiger partial charge in [-0.2, -0.15) is 0 Å². The molecule has 2 unspecified atom stereocenters. The van der Waals surface area contributed by atoms with E-state index in [1.54, 1.807) is 0 Å². The molecule has 0 amide bonds. The zero-order valence-electron chi connectivity index (χ0n) is 11.1. The summed E-state index contributed by atoms with van der Waals surface area (Å²) < 4.78 is 22.1. The molecule has 0 N–H and O–H groups in total. The van der Waals surface area contributed by atoms with Crippen LogP contribution < -0.4 is 9.47 Å². The van der Waals surface area contributed by atoms with Gasteiger partial charge in [0.05, 0.1) is 18.6 Å². The molecule has 2 saturated heterocycles. The smallest absolute Gasteiger partial charge is 0.130 e. The molecular weight excluding hydrogens is 256 g/mol. The molecule has 2 atom stereocenters. The molecule has 20 heavy (non-hydrogen) atoms. The van der Waals surface area contributed by atoms with Crippen LogP contribution in [0.15, 0.2) is 36.4 Å². The molecule has 0 spiro atoms. The van der Waals surface area contributed by atoms with E-state index in [0.717, 1.165) is 35.5 Å². The van der Waals surface area contributed by atoms with Gasteiger partial charge in [0, 0.05) is 0 Å². The number of benzene rings is 2. The van der Waals surface area contributed by atoms with E-state index >= 15 is 0 Å². The second-order valence-electron chi connectivity index (χ2n) is 5.14. The highest BCUT2D eigenvalue weighted by atomic mass is 16.6. The lowest BCUT2D eigenvalue weighted by molar-refractivity contribution is 0.258. The zero-order chi connectivity index (χ0) is 13.4. The fraction of sp³-hybridized carbons (Fsp3) is 0.375. The summed E-state index contributed by atoms with van der Waals surface area (Å²) in [5.74, 6) is 1.70. The van der Waals surface area contributed by atoms with E-state index in [0.29, 0.717) is 13.2 Å². The molecule has 2 aromatic carbocycles. The van der Waals surface area contributed by atoms with E-state index in [4.69, 9.17) is 18.9 Å². The molecule has 2 aliphatic rings. The molecule has 0 aliphatic carbocycles. The quantitative estimate of drug-likeness (QED) is 0.757. The van der Waals surface area contributed by atoms with E-state index in [9.17, 15) is 0 Å². The average molecular weight is 272 g/mol. The number of hydrogen-bond acceptors (Lipinski definition) is 4. The summed E-state index contributed by atoms with van der Waals surface area (Å²) >= 11 is 0. The van der Waals surface area contributed by atoms with Gasteiger partial charge in [-0.05, 0) is 17.5 Å². The largest absolute Gasteiger partial charge is 0.490 e. The van der Waals surface area contributed by atoms with Crippen LogP contribution in [0.25, 0.3) is 10.8 Å². The molecule has 2 fully saturated rings. The van der Waals surface area contributed by atoms with Crippen LogP contribution in [0, 0.1) is 0 Å². The van der Waals surface area contributed by atoms with Crippen molar-refractivity contribution in [2.45, 2.75) is 12.2 Å². The van der Waals surface area contributed by atoms with E-state index in [2.05, 4.69) is 12.1 Å². The Hall–Kier alpha value is -1.78. The van der Waals surface area contributed by atoms with Crippen molar-refractivity contribution in [1.82, 2.24) is 0 Å². The van der Waals surface area contributed by atoms with E-state index < -0.39 is 0 Å². The van der Waals surface area contributed by atoms with Gasteiger partial charge in [0.25, 0.3) is 0 Å². The molecule has 2 aliphatic heterocycles. The first-order chi connectivity index (χ1) is 9.90. The average Bonchev–Trinajstić information content (AvgIpc) is 3.37. The van der Waals surface area contributed by atoms with Crippen LogP contribution in [0.5, 0.6) is 11.5 Å². The third-order valence-electron chi connectivity index (χ3n) is 3.48. The SMILES string of the molecule is c1cc(OCC2CO2)c2c(OCC3CO3)cccc2c1. The molecular formula is C16H16O4. The molecule has 0 saturated carbocycles. The Bertz CT molecular complexity index is 566. The second kappa shape index (κ2) is 4.96. The maximum atomic E-state index is 5.87. The van der Waals surface area contributed by atoms with E-state index in [-0.39, 0.29) is 12.2 Å². The summed E-state index contributed by atoms with van der Waals surface area (Å²) in [5.41, 5.74) is 0. The van der Waals surface area contributed by atoms with Crippen molar-refractivity contribution >= 4 is 10.8 Å². The Morgan fingerprint density at radius 2 is 1.35 bits per heavy atom. The summed E-state index contributed by atoms with van der Waals surface area (Å²) in [6, 6.07) is 12.1. The van der Waals surface area contributed by atoms with E-state index in [1.165, 1.54) is 0 Å². The Kier molecular flexibility index (Phi) is 2.98. The van der Waals surface area contributed by atoms with Crippen molar-refractivity contribution in [3.8, 4) is 11.5 Å². The first kappa shape index (κ1) is 12.0. The molecule has 4 rings (SSSR count). The van der Waals surface area contributed by atoms with Crippen LogP contribution >= 0.6 is 0 Å². The van der Waals surface area contributed by atoms with Gasteiger partial charge in [-0.1, -0.05) is 24.3 Å². The minimum Gasteiger partial charge on any atom is -0.490 e. The molecule has 2 heterocycles. The fourth-order valence-electron chi connectivity index (χ4n) is 2.21. The fourth-order valence-corrected chi connectivity index (χ4v) is 2.21. The zero-order valence-corrected chi connectivity index (χ0v) is 11.1. The van der Waals surface area contributed by atoms with Crippen molar-refractivity contribution < 1.29 is 18.9 Å². The van der Waals surface area contributed by atoms with Crippen molar-refractivity contribution in [3.63, 3.8) is 0 Å². The maximum absolute atomic E-state index is 5.87. The molecule has 0 radical (unpaired) electrons. The van der Waals surface area contributed by atoms with Gasteiger partial charge >= 0.3 is 0 Å². The first-order valence-electron chi connectivity index (χ1n) is 6.91. The van der Waals surface area contributed by atoms with Crippen LogP contribution in [0.1, 0.15) is 0 Å². The lowest BCUT2D eigenvalue weighted by atomic mass is 10.1. The van der Waals surface area contributed by atoms with Crippen molar-refractivity contribution in [1.29, 1.82) is 0 Å². The lowest BCUT2D eigenvalue weighted by Crippen LogP contribution is -2.06. The standard InChI is InChI=1S/C16H16O4/c1-3-11-4-2-6-15(20-10-13-8-18-13)16(11)14(5-1)19-9-12-7-17-12/h1-6,12-13H,7-10H2. The monoisotopic (exact) mass is 272 g/mol. The maximum Gasteiger partial charge on any atom is 0.130 e. The highest BCUT2D eigenvalue weighted by molar-refractivity contribution is 5.93. The minimum absolute atomic E-state index is 0.248. The molecule has 2 aromatic rings. The van der Waals surface area contributed by atoms with Crippen LogP contribution in [0.3, 0.4) is 0 Å². The molecule has 0 bridgehead atoms. The van der Waals surface area contributed by atoms with Gasteiger partial charge in [-0.3, -0.25) is 0 Å². The summed E-state index contributed by atoms with van der Waals surface area (Å²) in [6.45, 7) is 2.79. The summed E-state index contributed by atoms with van der Waals surface area (Å²) in [6.07, 6.45) is 0.497. The van der Waals surface area contributed by atoms with Crippen molar-refractivity contribution in [2.75, 3.05) is 26.4 Å².